The van der Waals surface area contributed by atoms with Crippen LogP contribution in [0.3, 0.4) is 0 Å². The smallest absolute Gasteiger partial charge is 0.251 e. The highest BCUT2D eigenvalue weighted by atomic mass is 19.1. The monoisotopic (exact) mass is 650 g/mol. The van der Waals surface area contributed by atoms with E-state index in [1.807, 2.05) is 36.4 Å². The van der Waals surface area contributed by atoms with Crippen LogP contribution in [0, 0.1) is 18.2 Å². The molecule has 1 aliphatic heterocycles. The first-order chi connectivity index (χ1) is 23.3. The number of aliphatic hydroxyl groups excluding tert-OH is 1. The normalized spacial score (nSPS) is 19.0. The first kappa shape index (κ1) is 33.4. The quantitative estimate of drug-likeness (QED) is 0.207. The van der Waals surface area contributed by atoms with E-state index in [1.165, 1.54) is 18.4 Å². The maximum absolute atomic E-state index is 14.8. The largest absolute Gasteiger partial charge is 0.493 e. The van der Waals surface area contributed by atoms with Crippen molar-refractivity contribution in [1.82, 2.24) is 20.5 Å². The summed E-state index contributed by atoms with van der Waals surface area (Å²) in [6, 6.07) is 17.4. The molecule has 0 unspecified atom stereocenters. The highest BCUT2D eigenvalue weighted by molar-refractivity contribution is 5.95. The van der Waals surface area contributed by atoms with Gasteiger partial charge in [-0.3, -0.25) is 9.69 Å². The highest BCUT2D eigenvalue weighted by Gasteiger charge is 2.44. The van der Waals surface area contributed by atoms with Gasteiger partial charge >= 0.3 is 0 Å². The van der Waals surface area contributed by atoms with Gasteiger partial charge in [0.25, 0.3) is 5.91 Å². The summed E-state index contributed by atoms with van der Waals surface area (Å²) in [6.07, 6.45) is 12.5. The number of ether oxygens (including phenoxy) is 1. The zero-order chi connectivity index (χ0) is 33.5. The van der Waals surface area contributed by atoms with E-state index in [0.29, 0.717) is 41.5 Å². The molecule has 9 heteroatoms. The summed E-state index contributed by atoms with van der Waals surface area (Å²) in [5, 5.41) is 18.3. The van der Waals surface area contributed by atoms with Gasteiger partial charge in [0.05, 0.1) is 24.9 Å². The number of halogens is 1. The van der Waals surface area contributed by atoms with Crippen LogP contribution in [0.2, 0.25) is 0 Å². The zero-order valence-corrected chi connectivity index (χ0v) is 27.4. The number of fused-ring (bicyclic) bond motifs is 4. The molecule has 6 rings (SSSR count). The van der Waals surface area contributed by atoms with E-state index >= 15 is 0 Å². The van der Waals surface area contributed by atoms with Crippen molar-refractivity contribution in [1.29, 1.82) is 0 Å². The third kappa shape index (κ3) is 8.32. The molecule has 3 aromatic carbocycles. The molecule has 0 saturated heterocycles. The third-order valence-corrected chi connectivity index (χ3v) is 9.17. The maximum atomic E-state index is 14.8. The van der Waals surface area contributed by atoms with Crippen LogP contribution in [0.25, 0.3) is 11.5 Å². The van der Waals surface area contributed by atoms with Crippen LogP contribution in [-0.2, 0) is 18.5 Å². The summed E-state index contributed by atoms with van der Waals surface area (Å²) in [6.45, 7) is 5.21. The van der Waals surface area contributed by atoms with Gasteiger partial charge in [0, 0.05) is 41.4 Å². The van der Waals surface area contributed by atoms with Gasteiger partial charge in [-0.25, -0.2) is 9.37 Å². The Morgan fingerprint density at radius 3 is 2.77 bits per heavy atom. The fraction of sp³-hybridized carbons (Fsp3) is 0.385. The van der Waals surface area contributed by atoms with Crippen molar-refractivity contribution in [3.05, 3.63) is 107 Å². The lowest BCUT2D eigenvalue weighted by Gasteiger charge is -2.28. The molecule has 3 N–H and O–H groups in total. The molecule has 0 spiro atoms. The van der Waals surface area contributed by atoms with Crippen molar-refractivity contribution < 1.29 is 23.4 Å². The Bertz CT molecular complexity index is 1750. The number of benzene rings is 3. The number of terminal acetylenes is 1. The molecule has 2 atom stereocenters. The Balaban J connectivity index is 1.31. The van der Waals surface area contributed by atoms with Crippen molar-refractivity contribution >= 4 is 5.91 Å². The Kier molecular flexibility index (Phi) is 10.6. The molecule has 0 radical (unpaired) electrons. The van der Waals surface area contributed by atoms with Crippen LogP contribution < -0.4 is 15.4 Å². The lowest BCUT2D eigenvalue weighted by molar-refractivity contribution is 0.0822. The number of carbonyl (C=O) groups excluding carboxylic acids is 1. The molecule has 2 heterocycles. The van der Waals surface area contributed by atoms with E-state index in [-0.39, 0.29) is 24.4 Å². The lowest BCUT2D eigenvalue weighted by Crippen LogP contribution is -2.50. The van der Waals surface area contributed by atoms with Gasteiger partial charge in [-0.05, 0) is 111 Å². The standard InChI is InChI=1S/C39H43FN4O4/c1-3-13-44-14-5-6-15-47-34-21-28(20-33(40)24-34)22-35(36(45)25-42-39(10-11-39)32-9-7-8-27(4-2)19-32)43-37(46)30-17-29(26-44)18-31(23-30)38-41-12-16-48-38/h2,7-9,12,16-21,23-24,35-36,42,45H,3,5-6,10-11,13-15,22,25-26H2,1H3,(H,43,46)/t35-,36+/m0/s1. The Labute approximate surface area is 281 Å². The molecule has 4 aromatic rings. The number of hydrogen-bond acceptors (Lipinski definition) is 7. The summed E-state index contributed by atoms with van der Waals surface area (Å²) in [5.74, 6) is 2.77. The fourth-order valence-electron chi connectivity index (χ4n) is 6.53. The number of amides is 1. The summed E-state index contributed by atoms with van der Waals surface area (Å²) >= 11 is 0. The summed E-state index contributed by atoms with van der Waals surface area (Å²) in [4.78, 5) is 20.7. The second-order valence-corrected chi connectivity index (χ2v) is 12.9. The van der Waals surface area contributed by atoms with Crippen molar-refractivity contribution in [2.24, 2.45) is 0 Å². The number of rotatable bonds is 8. The van der Waals surface area contributed by atoms with E-state index in [1.54, 1.807) is 18.3 Å². The number of nitrogens with one attached hydrogen (secondary N) is 2. The van der Waals surface area contributed by atoms with E-state index < -0.39 is 18.0 Å². The minimum atomic E-state index is -0.994. The molecule has 48 heavy (non-hydrogen) atoms. The number of carbonyl (C=O) groups is 1. The Morgan fingerprint density at radius 1 is 1.15 bits per heavy atom. The van der Waals surface area contributed by atoms with E-state index in [9.17, 15) is 14.3 Å². The minimum absolute atomic E-state index is 0.193. The predicted molar refractivity (Wildman–Crippen MR) is 183 cm³/mol. The van der Waals surface area contributed by atoms with Crippen LogP contribution in [0.4, 0.5) is 4.39 Å². The molecule has 8 nitrogen and oxygen atoms in total. The molecular weight excluding hydrogens is 607 g/mol. The second kappa shape index (κ2) is 15.2. The van der Waals surface area contributed by atoms with E-state index in [4.69, 9.17) is 15.6 Å². The van der Waals surface area contributed by atoms with E-state index in [2.05, 4.69) is 33.4 Å². The molecule has 1 aliphatic carbocycles. The average Bonchev–Trinajstić information content (AvgIpc) is 3.68. The number of hydrogen-bond donors (Lipinski definition) is 3. The van der Waals surface area contributed by atoms with Crippen molar-refractivity contribution in [2.75, 3.05) is 26.2 Å². The van der Waals surface area contributed by atoms with Crippen LogP contribution >= 0.6 is 0 Å². The number of aromatic nitrogens is 1. The van der Waals surface area contributed by atoms with Gasteiger partial charge in [0.15, 0.2) is 0 Å². The number of aliphatic hydroxyl groups is 1. The highest BCUT2D eigenvalue weighted by Crippen LogP contribution is 2.45. The molecule has 1 aromatic heterocycles. The molecule has 1 saturated carbocycles. The Hall–Kier alpha value is -4.49. The number of oxazole rings is 1. The first-order valence-electron chi connectivity index (χ1n) is 16.8. The molecule has 250 valence electrons. The molecule has 1 fully saturated rings. The maximum Gasteiger partial charge on any atom is 0.251 e. The molecule has 2 aliphatic rings. The fourth-order valence-corrected chi connectivity index (χ4v) is 6.53. The van der Waals surface area contributed by atoms with Gasteiger partial charge in [-0.1, -0.05) is 25.0 Å². The second-order valence-electron chi connectivity index (χ2n) is 12.9. The van der Waals surface area contributed by atoms with Crippen molar-refractivity contribution in [3.8, 4) is 29.5 Å². The van der Waals surface area contributed by atoms with Crippen LogP contribution in [-0.4, -0.2) is 59.3 Å². The third-order valence-electron chi connectivity index (χ3n) is 9.17. The average molecular weight is 651 g/mol. The van der Waals surface area contributed by atoms with Gasteiger partial charge in [0.2, 0.25) is 5.89 Å². The van der Waals surface area contributed by atoms with Gasteiger partial charge in [0.1, 0.15) is 17.8 Å². The molecule has 1 amide bonds. The lowest BCUT2D eigenvalue weighted by atomic mass is 9.98. The topological polar surface area (TPSA) is 99.9 Å². The Morgan fingerprint density at radius 2 is 2.00 bits per heavy atom. The first-order valence-corrected chi connectivity index (χ1v) is 16.8. The predicted octanol–water partition coefficient (Wildman–Crippen LogP) is 5.83. The SMILES string of the molecule is C#Cc1cccc(C2(NC[C@@H](O)[C@@H]3Cc4cc(F)cc(c4)OCCCCN(CCC)Cc4cc(cc(-c5ncco5)c4)C(=O)N3)CC2)c1. The zero-order valence-electron chi connectivity index (χ0n) is 27.4. The van der Waals surface area contributed by atoms with Crippen molar-refractivity contribution in [2.45, 2.75) is 69.7 Å². The number of nitrogens with zero attached hydrogens (tertiary/aromatic N) is 2. The summed E-state index contributed by atoms with van der Waals surface area (Å²) < 4.78 is 26.4. The minimum Gasteiger partial charge on any atom is -0.493 e. The molecule has 4 bridgehead atoms. The van der Waals surface area contributed by atoms with Gasteiger partial charge in [-0.2, -0.15) is 0 Å². The summed E-state index contributed by atoms with van der Waals surface area (Å²) in [5.41, 5.74) is 4.28. The van der Waals surface area contributed by atoms with Gasteiger partial charge in [-0.15, -0.1) is 6.42 Å². The van der Waals surface area contributed by atoms with Crippen LogP contribution in [0.1, 0.15) is 71.6 Å². The molecular formula is C39H43FN4O4. The van der Waals surface area contributed by atoms with Crippen LogP contribution in [0.5, 0.6) is 5.75 Å². The van der Waals surface area contributed by atoms with Crippen molar-refractivity contribution in [3.63, 3.8) is 0 Å². The van der Waals surface area contributed by atoms with E-state index in [0.717, 1.165) is 61.9 Å². The van der Waals surface area contributed by atoms with Gasteiger partial charge < -0.3 is 24.9 Å². The van der Waals surface area contributed by atoms with Crippen LogP contribution in [0.15, 0.2) is 77.5 Å². The summed E-state index contributed by atoms with van der Waals surface area (Å²) in [7, 11) is 0.